The Bertz CT molecular complexity index is 919. The Morgan fingerprint density at radius 1 is 1.10 bits per heavy atom. The highest BCUT2D eigenvalue weighted by Gasteiger charge is 2.22. The number of benzene rings is 2. The van der Waals surface area contributed by atoms with Crippen molar-refractivity contribution in [1.29, 1.82) is 5.26 Å². The first kappa shape index (κ1) is 20.1. The number of para-hydroxylation sites is 1. The van der Waals surface area contributed by atoms with Gasteiger partial charge in [-0.3, -0.25) is 9.59 Å². The van der Waals surface area contributed by atoms with E-state index in [0.29, 0.717) is 24.2 Å². The van der Waals surface area contributed by atoms with Gasteiger partial charge in [-0.2, -0.15) is 5.26 Å². The van der Waals surface area contributed by atoms with E-state index in [-0.39, 0.29) is 18.9 Å². The fourth-order valence-electron chi connectivity index (χ4n) is 3.15. The molecule has 0 bridgehead atoms. The summed E-state index contributed by atoms with van der Waals surface area (Å²) in [7, 11) is 0. The molecule has 0 aromatic heterocycles. The number of ether oxygens (including phenoxy) is 1. The highest BCUT2D eigenvalue weighted by Crippen LogP contribution is 2.22. The minimum Gasteiger partial charge on any atom is -0.452 e. The minimum atomic E-state index is -0.619. The first-order chi connectivity index (χ1) is 14.1. The third-order valence-corrected chi connectivity index (χ3v) is 4.63. The van der Waals surface area contributed by atoms with Crippen molar-refractivity contribution in [2.75, 3.05) is 29.5 Å². The molecule has 2 aromatic carbocycles. The number of hydrogen-bond acceptors (Lipinski definition) is 5. The zero-order chi connectivity index (χ0) is 20.6. The van der Waals surface area contributed by atoms with Gasteiger partial charge >= 0.3 is 5.97 Å². The second-order valence-corrected chi connectivity index (χ2v) is 6.56. The van der Waals surface area contributed by atoms with Crippen LogP contribution in [0.5, 0.6) is 0 Å². The lowest BCUT2D eigenvalue weighted by Gasteiger charge is -2.21. The Morgan fingerprint density at radius 2 is 1.83 bits per heavy atom. The molecule has 0 unspecified atom stereocenters. The number of nitriles is 1. The van der Waals surface area contributed by atoms with Crippen LogP contribution in [0.3, 0.4) is 0 Å². The van der Waals surface area contributed by atoms with Crippen molar-refractivity contribution in [3.63, 3.8) is 0 Å². The maximum atomic E-state index is 12.5. The summed E-state index contributed by atoms with van der Waals surface area (Å²) in [6.45, 7) is 0.468. The van der Waals surface area contributed by atoms with Crippen LogP contribution in [0.25, 0.3) is 0 Å². The molecule has 2 amide bonds. The van der Waals surface area contributed by atoms with Crippen molar-refractivity contribution < 1.29 is 19.1 Å². The van der Waals surface area contributed by atoms with E-state index < -0.39 is 18.5 Å². The smallest absolute Gasteiger partial charge is 0.338 e. The van der Waals surface area contributed by atoms with Crippen LogP contribution in [0, 0.1) is 11.3 Å². The van der Waals surface area contributed by atoms with Crippen molar-refractivity contribution in [3.05, 3.63) is 60.2 Å². The molecule has 0 N–H and O–H groups in total. The van der Waals surface area contributed by atoms with Crippen LogP contribution in [-0.2, 0) is 14.3 Å². The summed E-state index contributed by atoms with van der Waals surface area (Å²) in [6, 6.07) is 17.5. The minimum absolute atomic E-state index is 0.0734. The normalized spacial score (nSPS) is 13.1. The number of rotatable bonds is 7. The molecule has 1 saturated heterocycles. The van der Waals surface area contributed by atoms with E-state index in [9.17, 15) is 14.4 Å². The molecule has 148 valence electrons. The van der Waals surface area contributed by atoms with E-state index in [4.69, 9.17) is 10.00 Å². The number of hydrogen-bond donors (Lipinski definition) is 0. The van der Waals surface area contributed by atoms with Crippen LogP contribution in [0.4, 0.5) is 11.4 Å². The molecule has 0 radical (unpaired) electrons. The van der Waals surface area contributed by atoms with Gasteiger partial charge in [-0.15, -0.1) is 0 Å². The van der Waals surface area contributed by atoms with Gasteiger partial charge in [0.1, 0.15) is 0 Å². The van der Waals surface area contributed by atoms with Gasteiger partial charge in [0, 0.05) is 30.9 Å². The molecule has 0 saturated carbocycles. The molecule has 1 aliphatic rings. The monoisotopic (exact) mass is 391 g/mol. The average molecular weight is 391 g/mol. The molecule has 7 heteroatoms. The molecule has 1 fully saturated rings. The summed E-state index contributed by atoms with van der Waals surface area (Å²) in [5.74, 6) is -0.950. The van der Waals surface area contributed by atoms with Crippen LogP contribution in [0.15, 0.2) is 54.6 Å². The molecule has 2 aromatic rings. The standard InChI is InChI=1S/C22H21N3O4/c23-13-5-15-25(18-6-2-1-3-7-18)21(27)16-29-22(28)17-9-11-19(12-10-17)24-14-4-8-20(24)26/h1-3,6-7,9-12H,4-5,8,14-16H2. The van der Waals surface area contributed by atoms with Gasteiger partial charge in [0.05, 0.1) is 18.1 Å². The zero-order valence-electron chi connectivity index (χ0n) is 15.9. The predicted molar refractivity (Wildman–Crippen MR) is 107 cm³/mol. The van der Waals surface area contributed by atoms with E-state index in [1.54, 1.807) is 53.4 Å². The van der Waals surface area contributed by atoms with Gasteiger partial charge in [0.15, 0.2) is 6.61 Å². The third-order valence-electron chi connectivity index (χ3n) is 4.63. The Hall–Kier alpha value is -3.66. The lowest BCUT2D eigenvalue weighted by Crippen LogP contribution is -2.35. The second kappa shape index (κ2) is 9.51. The Labute approximate surface area is 169 Å². The first-order valence-corrected chi connectivity index (χ1v) is 9.40. The highest BCUT2D eigenvalue weighted by atomic mass is 16.5. The Kier molecular flexibility index (Phi) is 6.59. The fraction of sp³-hybridized carbons (Fsp3) is 0.273. The molecule has 7 nitrogen and oxygen atoms in total. The van der Waals surface area contributed by atoms with Crippen LogP contribution in [0.2, 0.25) is 0 Å². The quantitative estimate of drug-likeness (QED) is 0.677. The molecule has 0 atom stereocenters. The van der Waals surface area contributed by atoms with E-state index in [0.717, 1.165) is 12.1 Å². The van der Waals surface area contributed by atoms with Crippen LogP contribution < -0.4 is 9.80 Å². The second-order valence-electron chi connectivity index (χ2n) is 6.56. The summed E-state index contributed by atoms with van der Waals surface area (Å²) < 4.78 is 5.17. The largest absolute Gasteiger partial charge is 0.452 e. The lowest BCUT2D eigenvalue weighted by molar-refractivity contribution is -0.121. The van der Waals surface area contributed by atoms with E-state index in [1.165, 1.54) is 4.90 Å². The van der Waals surface area contributed by atoms with E-state index in [2.05, 4.69) is 0 Å². The highest BCUT2D eigenvalue weighted by molar-refractivity contribution is 5.98. The van der Waals surface area contributed by atoms with Crippen LogP contribution >= 0.6 is 0 Å². The van der Waals surface area contributed by atoms with Crippen LogP contribution in [-0.4, -0.2) is 37.5 Å². The van der Waals surface area contributed by atoms with Gasteiger partial charge in [0.25, 0.3) is 5.91 Å². The molecule has 1 aliphatic heterocycles. The number of amides is 2. The average Bonchev–Trinajstić information content (AvgIpc) is 3.19. The topological polar surface area (TPSA) is 90.7 Å². The zero-order valence-corrected chi connectivity index (χ0v) is 15.9. The summed E-state index contributed by atoms with van der Waals surface area (Å²) in [5, 5.41) is 8.83. The van der Waals surface area contributed by atoms with E-state index in [1.807, 2.05) is 12.1 Å². The number of nitrogens with zero attached hydrogens (tertiary/aromatic N) is 3. The molecular weight excluding hydrogens is 370 g/mol. The third kappa shape index (κ3) is 4.99. The lowest BCUT2D eigenvalue weighted by atomic mass is 10.2. The number of esters is 1. The van der Waals surface area contributed by atoms with Crippen molar-refractivity contribution in [3.8, 4) is 6.07 Å². The van der Waals surface area contributed by atoms with Crippen LogP contribution in [0.1, 0.15) is 29.6 Å². The van der Waals surface area contributed by atoms with Crippen molar-refractivity contribution in [2.45, 2.75) is 19.3 Å². The molecular formula is C22H21N3O4. The molecule has 0 spiro atoms. The van der Waals surface area contributed by atoms with Gasteiger partial charge < -0.3 is 14.5 Å². The molecule has 0 aliphatic carbocycles. The van der Waals surface area contributed by atoms with Gasteiger partial charge in [-0.25, -0.2) is 4.79 Å². The van der Waals surface area contributed by atoms with Crippen molar-refractivity contribution >= 4 is 29.2 Å². The summed E-state index contributed by atoms with van der Waals surface area (Å²) >= 11 is 0. The number of carbonyl (C=O) groups excluding carboxylic acids is 3. The maximum absolute atomic E-state index is 12.5. The molecule has 1 heterocycles. The Morgan fingerprint density at radius 3 is 2.45 bits per heavy atom. The van der Waals surface area contributed by atoms with Crippen molar-refractivity contribution in [1.82, 2.24) is 0 Å². The number of anilines is 2. The van der Waals surface area contributed by atoms with Gasteiger partial charge in [-0.1, -0.05) is 18.2 Å². The fourth-order valence-corrected chi connectivity index (χ4v) is 3.15. The van der Waals surface area contributed by atoms with E-state index >= 15 is 0 Å². The van der Waals surface area contributed by atoms with Gasteiger partial charge in [-0.05, 0) is 42.8 Å². The number of carbonyl (C=O) groups is 3. The molecule has 3 rings (SSSR count). The first-order valence-electron chi connectivity index (χ1n) is 9.40. The Balaban J connectivity index is 1.60. The SMILES string of the molecule is N#CCCN(C(=O)COC(=O)c1ccc(N2CCCC2=O)cc1)c1ccccc1. The van der Waals surface area contributed by atoms with Crippen molar-refractivity contribution in [2.24, 2.45) is 0 Å². The summed E-state index contributed by atoms with van der Waals surface area (Å²) in [6.07, 6.45) is 1.54. The summed E-state index contributed by atoms with van der Waals surface area (Å²) in [4.78, 5) is 39.8. The molecule has 29 heavy (non-hydrogen) atoms. The predicted octanol–water partition coefficient (Wildman–Crippen LogP) is 2.92. The maximum Gasteiger partial charge on any atom is 0.338 e. The van der Waals surface area contributed by atoms with Gasteiger partial charge in [0.2, 0.25) is 5.91 Å². The summed E-state index contributed by atoms with van der Waals surface area (Å²) in [5.41, 5.74) is 1.69.